The van der Waals surface area contributed by atoms with Gasteiger partial charge >= 0.3 is 27.5 Å². The van der Waals surface area contributed by atoms with Crippen LogP contribution in [0, 0.1) is 6.92 Å². The van der Waals surface area contributed by atoms with Gasteiger partial charge in [0, 0.05) is 0 Å². The van der Waals surface area contributed by atoms with Crippen LogP contribution in [0.3, 0.4) is 0 Å². The van der Waals surface area contributed by atoms with Crippen molar-refractivity contribution < 1.29 is 17.9 Å². The van der Waals surface area contributed by atoms with Gasteiger partial charge in [0.1, 0.15) is 0 Å². The Morgan fingerprint density at radius 3 is 1.83 bits per heavy atom. The summed E-state index contributed by atoms with van der Waals surface area (Å²) in [6.45, 7) is 6.54. The Kier molecular flexibility index (Phi) is 6.74. The van der Waals surface area contributed by atoms with Crippen LogP contribution in [-0.4, -0.2) is 0 Å². The van der Waals surface area contributed by atoms with Crippen molar-refractivity contribution in [3.63, 3.8) is 0 Å². The Labute approximate surface area is 89.5 Å². The Bertz CT molecular complexity index is 204. The van der Waals surface area contributed by atoms with Gasteiger partial charge in [-0.05, 0) is 18.4 Å². The monoisotopic (exact) mass is 362 g/mol. The predicted molar refractivity (Wildman–Crippen MR) is 51.1 cm³/mol. The Morgan fingerprint density at radius 2 is 1.50 bits per heavy atom. The first kappa shape index (κ1) is 12.2. The van der Waals surface area contributed by atoms with E-state index >= 15 is 0 Å². The van der Waals surface area contributed by atoms with Gasteiger partial charge in [0.2, 0.25) is 0 Å². The summed E-state index contributed by atoms with van der Waals surface area (Å²) in [6, 6.07) is 8.71. The van der Waals surface area contributed by atoms with Crippen molar-refractivity contribution in [3.05, 3.63) is 35.4 Å². The second-order valence-corrected chi connectivity index (χ2v) is 3.07. The molecule has 0 saturated heterocycles. The number of hydrogen-bond acceptors (Lipinski definition) is 0. The summed E-state index contributed by atoms with van der Waals surface area (Å²) >= 11 is 1.47. The van der Waals surface area contributed by atoms with Gasteiger partial charge in [0.25, 0.3) is 0 Å². The second-order valence-electron chi connectivity index (χ2n) is 3.07. The molecule has 0 aliphatic carbocycles. The minimum absolute atomic E-state index is 0.653. The van der Waals surface area contributed by atoms with Gasteiger partial charge in [-0.15, -0.1) is 0 Å². The summed E-state index contributed by atoms with van der Waals surface area (Å²) in [6.07, 6.45) is 0. The molecule has 0 aliphatic heterocycles. The second kappa shape index (κ2) is 6.65. The average Bonchev–Trinajstić information content (AvgIpc) is 2.09. The summed E-state index contributed by atoms with van der Waals surface area (Å²) in [5, 5.41) is 0. The SMILES string of the molecule is Cc1ccc(C(C)C)cc1.[Cl][Ir]. The van der Waals surface area contributed by atoms with Gasteiger partial charge in [-0.25, -0.2) is 0 Å². The Morgan fingerprint density at radius 1 is 1.08 bits per heavy atom. The molecular formula is C10H14ClIr. The predicted octanol–water partition coefficient (Wildman–Crippen LogP) is 3.81. The van der Waals surface area contributed by atoms with Gasteiger partial charge in [0.05, 0.1) is 0 Å². The molecule has 0 fully saturated rings. The summed E-state index contributed by atoms with van der Waals surface area (Å²) < 4.78 is 0. The van der Waals surface area contributed by atoms with Gasteiger partial charge in [-0.3, -0.25) is 0 Å². The number of benzene rings is 1. The van der Waals surface area contributed by atoms with Gasteiger partial charge in [-0.2, -0.15) is 0 Å². The Balaban J connectivity index is 0.000000561. The first-order valence-corrected chi connectivity index (χ1v) is 6.86. The summed E-state index contributed by atoms with van der Waals surface area (Å²) in [5.41, 5.74) is 2.76. The molecule has 0 N–H and O–H groups in total. The normalized spacial score (nSPS) is 9.25. The molecule has 1 aromatic carbocycles. The van der Waals surface area contributed by atoms with Gasteiger partial charge in [0.15, 0.2) is 0 Å². The maximum atomic E-state index is 4.64. The molecule has 0 heterocycles. The third kappa shape index (κ3) is 4.25. The van der Waals surface area contributed by atoms with Crippen molar-refractivity contribution in [2.24, 2.45) is 0 Å². The molecule has 1 rings (SSSR count). The first-order chi connectivity index (χ1) is 5.70. The van der Waals surface area contributed by atoms with Crippen LogP contribution in [-0.2, 0) is 17.9 Å². The topological polar surface area (TPSA) is 0 Å². The summed E-state index contributed by atoms with van der Waals surface area (Å²) in [5.74, 6) is 0.653. The Hall–Kier alpha value is 0.159. The van der Waals surface area contributed by atoms with E-state index in [1.807, 2.05) is 0 Å². The van der Waals surface area contributed by atoms with Crippen molar-refractivity contribution in [1.29, 1.82) is 0 Å². The zero-order chi connectivity index (χ0) is 9.56. The molecule has 0 aromatic heterocycles. The zero-order valence-electron chi connectivity index (χ0n) is 7.60. The molecule has 0 saturated carbocycles. The van der Waals surface area contributed by atoms with E-state index in [9.17, 15) is 0 Å². The fourth-order valence-electron chi connectivity index (χ4n) is 0.951. The van der Waals surface area contributed by atoms with E-state index in [1.165, 1.54) is 29.0 Å². The molecule has 1 aromatic rings. The molecule has 0 atom stereocenters. The molecular weight excluding hydrogens is 348 g/mol. The van der Waals surface area contributed by atoms with Crippen molar-refractivity contribution in [2.45, 2.75) is 26.7 Å². The zero-order valence-corrected chi connectivity index (χ0v) is 10.7. The van der Waals surface area contributed by atoms with Crippen LogP contribution >= 0.6 is 9.58 Å². The molecule has 0 spiro atoms. The third-order valence-corrected chi connectivity index (χ3v) is 1.74. The van der Waals surface area contributed by atoms with E-state index in [0.29, 0.717) is 5.92 Å². The standard InChI is InChI=1S/C10H14.ClH.Ir/c1-8(2)10-6-4-9(3)5-7-10;;/h4-8H,1-3H3;1H;/q;;+1/p-1. The number of rotatable bonds is 1. The fourth-order valence-corrected chi connectivity index (χ4v) is 0.951. The molecule has 0 radical (unpaired) electrons. The number of hydrogen-bond donors (Lipinski definition) is 0. The summed E-state index contributed by atoms with van der Waals surface area (Å²) in [4.78, 5) is 0. The van der Waals surface area contributed by atoms with Crippen molar-refractivity contribution in [1.82, 2.24) is 0 Å². The van der Waals surface area contributed by atoms with Crippen LogP contribution in [0.25, 0.3) is 0 Å². The van der Waals surface area contributed by atoms with Crippen LogP contribution in [0.5, 0.6) is 0 Å². The van der Waals surface area contributed by atoms with Crippen LogP contribution in [0.4, 0.5) is 0 Å². The van der Waals surface area contributed by atoms with Crippen LogP contribution in [0.2, 0.25) is 0 Å². The number of halogens is 1. The molecule has 0 nitrogen and oxygen atoms in total. The van der Waals surface area contributed by atoms with E-state index in [2.05, 4.69) is 54.6 Å². The molecule has 12 heavy (non-hydrogen) atoms. The first-order valence-electron chi connectivity index (χ1n) is 3.89. The minimum atomic E-state index is 0.653. The molecule has 0 amide bonds. The van der Waals surface area contributed by atoms with Gasteiger partial charge < -0.3 is 0 Å². The van der Waals surface area contributed by atoms with E-state index in [-0.39, 0.29) is 0 Å². The third-order valence-electron chi connectivity index (χ3n) is 1.74. The molecule has 0 aliphatic rings. The van der Waals surface area contributed by atoms with Crippen molar-refractivity contribution >= 4 is 9.58 Å². The van der Waals surface area contributed by atoms with E-state index in [1.54, 1.807) is 0 Å². The fraction of sp³-hybridized carbons (Fsp3) is 0.400. The maximum absolute atomic E-state index is 4.64. The molecule has 70 valence electrons. The quantitative estimate of drug-likeness (QED) is 0.713. The molecule has 0 unspecified atom stereocenters. The molecule has 0 bridgehead atoms. The van der Waals surface area contributed by atoms with Crippen LogP contribution in [0.15, 0.2) is 24.3 Å². The van der Waals surface area contributed by atoms with Crippen molar-refractivity contribution in [2.75, 3.05) is 0 Å². The van der Waals surface area contributed by atoms with E-state index < -0.39 is 0 Å². The van der Waals surface area contributed by atoms with Crippen molar-refractivity contribution in [3.8, 4) is 0 Å². The summed E-state index contributed by atoms with van der Waals surface area (Å²) in [7, 11) is 4.64. The number of aryl methyl sites for hydroxylation is 1. The van der Waals surface area contributed by atoms with Crippen LogP contribution in [0.1, 0.15) is 30.9 Å². The van der Waals surface area contributed by atoms with Crippen LogP contribution < -0.4 is 0 Å². The van der Waals surface area contributed by atoms with Gasteiger partial charge in [-0.1, -0.05) is 43.7 Å². The van der Waals surface area contributed by atoms with E-state index in [4.69, 9.17) is 0 Å². The average molecular weight is 362 g/mol. The molecule has 2 heteroatoms. The van der Waals surface area contributed by atoms with E-state index in [0.717, 1.165) is 0 Å².